The largest absolute Gasteiger partial charge is 0.488 e. The summed E-state index contributed by atoms with van der Waals surface area (Å²) < 4.78 is 24.1. The number of rotatable bonds is 7. The van der Waals surface area contributed by atoms with E-state index in [0.29, 0.717) is 36.7 Å². The van der Waals surface area contributed by atoms with E-state index in [2.05, 4.69) is 10.6 Å². The van der Waals surface area contributed by atoms with Gasteiger partial charge in [-0.05, 0) is 43.7 Å². The Morgan fingerprint density at radius 2 is 2.00 bits per heavy atom. The van der Waals surface area contributed by atoms with Crippen LogP contribution < -0.4 is 15.4 Å². The number of benzene rings is 1. The maximum absolute atomic E-state index is 14.0. The van der Waals surface area contributed by atoms with Crippen molar-refractivity contribution in [1.29, 1.82) is 0 Å². The molecule has 0 aliphatic carbocycles. The lowest BCUT2D eigenvalue weighted by Crippen LogP contribution is -2.39. The van der Waals surface area contributed by atoms with Crippen LogP contribution in [0.4, 0.5) is 10.1 Å². The van der Waals surface area contributed by atoms with Crippen LogP contribution in [0.15, 0.2) is 18.2 Å². The van der Waals surface area contributed by atoms with Gasteiger partial charge in [0.15, 0.2) is 11.6 Å². The van der Waals surface area contributed by atoms with E-state index < -0.39 is 5.82 Å². The summed E-state index contributed by atoms with van der Waals surface area (Å²) in [5.41, 5.74) is 0.466. The van der Waals surface area contributed by atoms with E-state index in [9.17, 15) is 9.18 Å². The average molecular weight is 373 g/mol. The van der Waals surface area contributed by atoms with E-state index in [0.717, 1.165) is 12.8 Å². The fourth-order valence-electron chi connectivity index (χ4n) is 3.75. The highest BCUT2D eigenvalue weighted by Gasteiger charge is 2.34. The fourth-order valence-corrected chi connectivity index (χ4v) is 3.75. The molecule has 0 aromatic heterocycles. The minimum Gasteiger partial charge on any atom is -0.488 e. The van der Waals surface area contributed by atoms with Crippen molar-refractivity contribution in [2.45, 2.75) is 44.2 Å². The van der Waals surface area contributed by atoms with Gasteiger partial charge in [-0.15, -0.1) is 12.4 Å². The predicted octanol–water partition coefficient (Wildman–Crippen LogP) is 3.13. The summed E-state index contributed by atoms with van der Waals surface area (Å²) in [5, 5.41) is 6.37. The normalized spacial score (nSPS) is 24.5. The first-order valence-corrected chi connectivity index (χ1v) is 8.61. The van der Waals surface area contributed by atoms with Crippen molar-refractivity contribution in [2.24, 2.45) is 5.92 Å². The number of amides is 1. The van der Waals surface area contributed by atoms with E-state index in [-0.39, 0.29) is 30.7 Å². The maximum Gasteiger partial charge on any atom is 0.224 e. The van der Waals surface area contributed by atoms with E-state index in [1.165, 1.54) is 25.0 Å². The number of piperidine rings is 1. The molecule has 2 heterocycles. The van der Waals surface area contributed by atoms with Crippen LogP contribution in [0.2, 0.25) is 0 Å². The predicted molar refractivity (Wildman–Crippen MR) is 96.9 cm³/mol. The summed E-state index contributed by atoms with van der Waals surface area (Å²) in [5.74, 6) is 0.0581. The van der Waals surface area contributed by atoms with Crippen LogP contribution in [0.25, 0.3) is 0 Å². The van der Waals surface area contributed by atoms with Crippen molar-refractivity contribution in [3.05, 3.63) is 24.0 Å². The van der Waals surface area contributed by atoms with Gasteiger partial charge in [0, 0.05) is 37.4 Å². The SMILES string of the molecule is COCCOc1ccc(NC(=O)CC2CC3CCC(C2)N3)cc1F.Cl. The quantitative estimate of drug-likeness (QED) is 0.722. The third kappa shape index (κ3) is 5.56. The molecule has 1 aromatic carbocycles. The van der Waals surface area contributed by atoms with Crippen LogP contribution in [-0.4, -0.2) is 38.3 Å². The number of hydrogen-bond acceptors (Lipinski definition) is 4. The Morgan fingerprint density at radius 1 is 1.28 bits per heavy atom. The molecule has 2 saturated heterocycles. The van der Waals surface area contributed by atoms with Gasteiger partial charge in [-0.3, -0.25) is 4.79 Å². The second kappa shape index (κ2) is 9.36. The van der Waals surface area contributed by atoms with Gasteiger partial charge in [-0.25, -0.2) is 4.39 Å². The van der Waals surface area contributed by atoms with Crippen molar-refractivity contribution in [1.82, 2.24) is 5.32 Å². The maximum atomic E-state index is 14.0. The molecule has 25 heavy (non-hydrogen) atoms. The van der Waals surface area contributed by atoms with Crippen molar-refractivity contribution in [2.75, 3.05) is 25.6 Å². The number of nitrogens with one attached hydrogen (secondary N) is 2. The van der Waals surface area contributed by atoms with E-state index in [1.54, 1.807) is 13.2 Å². The van der Waals surface area contributed by atoms with E-state index in [1.807, 2.05) is 0 Å². The van der Waals surface area contributed by atoms with Crippen LogP contribution in [0.5, 0.6) is 5.75 Å². The Morgan fingerprint density at radius 3 is 2.64 bits per heavy atom. The smallest absolute Gasteiger partial charge is 0.224 e. The highest BCUT2D eigenvalue weighted by Crippen LogP contribution is 2.33. The molecule has 2 aliphatic rings. The zero-order valence-electron chi connectivity index (χ0n) is 14.4. The van der Waals surface area contributed by atoms with E-state index in [4.69, 9.17) is 9.47 Å². The van der Waals surface area contributed by atoms with Crippen molar-refractivity contribution in [3.8, 4) is 5.75 Å². The lowest BCUT2D eigenvalue weighted by atomic mass is 9.89. The lowest BCUT2D eigenvalue weighted by Gasteiger charge is -2.28. The zero-order valence-corrected chi connectivity index (χ0v) is 15.2. The topological polar surface area (TPSA) is 59.6 Å². The standard InChI is InChI=1S/C18H25FN2O3.ClH/c1-23-6-7-24-17-5-4-15(11-16(17)19)21-18(22)10-12-8-13-2-3-14(9-12)20-13;/h4-5,11-14,20H,2-3,6-10H2,1H3,(H,21,22);1H. The Hall–Kier alpha value is -1.37. The minimum atomic E-state index is -0.483. The highest BCUT2D eigenvalue weighted by molar-refractivity contribution is 5.90. The van der Waals surface area contributed by atoms with Crippen LogP contribution in [-0.2, 0) is 9.53 Å². The molecule has 0 radical (unpaired) electrons. The van der Waals surface area contributed by atoms with Crippen LogP contribution >= 0.6 is 12.4 Å². The average Bonchev–Trinajstić information content (AvgIpc) is 2.88. The first-order valence-electron chi connectivity index (χ1n) is 8.61. The molecule has 1 amide bonds. The number of methoxy groups -OCH3 is 1. The van der Waals surface area contributed by atoms with Gasteiger partial charge in [0.25, 0.3) is 0 Å². The molecule has 0 spiro atoms. The Kier molecular flexibility index (Phi) is 7.47. The summed E-state index contributed by atoms with van der Waals surface area (Å²) >= 11 is 0. The second-order valence-corrected chi connectivity index (χ2v) is 6.71. The molecule has 140 valence electrons. The minimum absolute atomic E-state index is 0. The number of hydrogen-bond donors (Lipinski definition) is 2. The summed E-state index contributed by atoms with van der Waals surface area (Å²) in [7, 11) is 1.56. The Labute approximate surface area is 154 Å². The summed E-state index contributed by atoms with van der Waals surface area (Å²) in [6.07, 6.45) is 5.06. The molecule has 3 rings (SSSR count). The molecule has 1 aromatic rings. The summed E-state index contributed by atoms with van der Waals surface area (Å²) in [6.45, 7) is 0.688. The van der Waals surface area contributed by atoms with E-state index >= 15 is 0 Å². The van der Waals surface area contributed by atoms with Crippen LogP contribution in [0, 0.1) is 11.7 Å². The van der Waals surface area contributed by atoms with Gasteiger partial charge >= 0.3 is 0 Å². The lowest BCUT2D eigenvalue weighted by molar-refractivity contribution is -0.117. The zero-order chi connectivity index (χ0) is 16.9. The fraction of sp³-hybridized carbons (Fsp3) is 0.611. The number of halogens is 2. The first-order chi connectivity index (χ1) is 11.6. The number of carbonyl (C=O) groups excluding carboxylic acids is 1. The molecule has 2 N–H and O–H groups in total. The summed E-state index contributed by atoms with van der Waals surface area (Å²) in [4.78, 5) is 12.2. The second-order valence-electron chi connectivity index (χ2n) is 6.71. The monoisotopic (exact) mass is 372 g/mol. The summed E-state index contributed by atoms with van der Waals surface area (Å²) in [6, 6.07) is 5.64. The first kappa shape index (κ1) is 19.9. The third-order valence-electron chi connectivity index (χ3n) is 4.81. The molecular weight excluding hydrogens is 347 g/mol. The number of fused-ring (bicyclic) bond motifs is 2. The molecular formula is C18H26ClFN2O3. The molecule has 2 atom stereocenters. The van der Waals surface area contributed by atoms with Crippen LogP contribution in [0.1, 0.15) is 32.1 Å². The Balaban J connectivity index is 0.00000225. The molecule has 5 nitrogen and oxygen atoms in total. The van der Waals surface area contributed by atoms with Gasteiger partial charge in [-0.2, -0.15) is 0 Å². The Bertz CT molecular complexity index is 575. The number of carbonyl (C=O) groups is 1. The highest BCUT2D eigenvalue weighted by atomic mass is 35.5. The van der Waals surface area contributed by atoms with Gasteiger partial charge in [0.1, 0.15) is 6.61 Å². The van der Waals surface area contributed by atoms with Crippen LogP contribution in [0.3, 0.4) is 0 Å². The molecule has 0 saturated carbocycles. The van der Waals surface area contributed by atoms with Gasteiger partial charge in [-0.1, -0.05) is 0 Å². The molecule has 2 fully saturated rings. The van der Waals surface area contributed by atoms with Crippen molar-refractivity contribution >= 4 is 24.0 Å². The van der Waals surface area contributed by atoms with Gasteiger partial charge in [0.05, 0.1) is 6.61 Å². The third-order valence-corrected chi connectivity index (χ3v) is 4.81. The molecule has 2 aliphatic heterocycles. The number of anilines is 1. The van der Waals surface area contributed by atoms with Gasteiger partial charge in [0.2, 0.25) is 5.91 Å². The molecule has 2 bridgehead atoms. The number of ether oxygens (including phenoxy) is 2. The van der Waals surface area contributed by atoms with Gasteiger partial charge < -0.3 is 20.1 Å². The van der Waals surface area contributed by atoms with Crippen molar-refractivity contribution in [3.63, 3.8) is 0 Å². The molecule has 7 heteroatoms. The van der Waals surface area contributed by atoms with Crippen molar-refractivity contribution < 1.29 is 18.7 Å². The molecule has 2 unspecified atom stereocenters.